The lowest BCUT2D eigenvalue weighted by Crippen LogP contribution is -2.58. The maximum absolute atomic E-state index is 13.1. The molecule has 5 heteroatoms. The molecular weight excluding hydrogens is 314 g/mol. The molecule has 25 heavy (non-hydrogen) atoms. The van der Waals surface area contributed by atoms with Crippen LogP contribution in [-0.2, 0) is 16.0 Å². The summed E-state index contributed by atoms with van der Waals surface area (Å²) in [6.07, 6.45) is 2.70. The Morgan fingerprint density at radius 3 is 2.72 bits per heavy atom. The summed E-state index contributed by atoms with van der Waals surface area (Å²) in [4.78, 5) is 29.3. The summed E-state index contributed by atoms with van der Waals surface area (Å²) in [6, 6.07) is 10.4. The normalized spacial score (nSPS) is 22.2. The molecule has 5 nitrogen and oxygen atoms in total. The van der Waals surface area contributed by atoms with Crippen molar-refractivity contribution in [1.82, 2.24) is 15.1 Å². The Morgan fingerprint density at radius 1 is 1.24 bits per heavy atom. The van der Waals surface area contributed by atoms with Crippen molar-refractivity contribution in [3.8, 4) is 0 Å². The van der Waals surface area contributed by atoms with Gasteiger partial charge in [0.1, 0.15) is 0 Å². The SMILES string of the molecule is CC(C)(Cc1ccccc1)C(=O)N1CCCC(N2CCNCC2=O)C1. The minimum atomic E-state index is -0.434. The number of carbonyl (C=O) groups excluding carboxylic acids is 2. The Kier molecular flexibility index (Phi) is 5.42. The number of hydrogen-bond donors (Lipinski definition) is 1. The Labute approximate surface area is 150 Å². The number of hydrogen-bond acceptors (Lipinski definition) is 3. The third-order valence-electron chi connectivity index (χ3n) is 5.32. The molecular formula is C20H29N3O2. The Hall–Kier alpha value is -1.88. The van der Waals surface area contributed by atoms with Gasteiger partial charge in [-0.25, -0.2) is 0 Å². The van der Waals surface area contributed by atoms with Gasteiger partial charge in [0, 0.05) is 37.6 Å². The lowest BCUT2D eigenvalue weighted by molar-refractivity contribution is -0.146. The van der Waals surface area contributed by atoms with Crippen LogP contribution in [0.4, 0.5) is 0 Å². The highest BCUT2D eigenvalue weighted by atomic mass is 16.2. The molecule has 2 heterocycles. The molecule has 2 aliphatic heterocycles. The van der Waals surface area contributed by atoms with Crippen LogP contribution in [0.1, 0.15) is 32.3 Å². The summed E-state index contributed by atoms with van der Waals surface area (Å²) < 4.78 is 0. The van der Waals surface area contributed by atoms with E-state index < -0.39 is 5.41 Å². The van der Waals surface area contributed by atoms with Crippen LogP contribution in [0, 0.1) is 5.41 Å². The Morgan fingerprint density at radius 2 is 2.00 bits per heavy atom. The minimum Gasteiger partial charge on any atom is -0.340 e. The number of carbonyl (C=O) groups is 2. The minimum absolute atomic E-state index is 0.161. The first-order valence-corrected chi connectivity index (χ1v) is 9.31. The lowest BCUT2D eigenvalue weighted by atomic mass is 9.83. The molecule has 2 fully saturated rings. The molecule has 1 atom stereocenters. The number of rotatable bonds is 4. The van der Waals surface area contributed by atoms with Gasteiger partial charge in [-0.15, -0.1) is 0 Å². The number of amides is 2. The predicted molar refractivity (Wildman–Crippen MR) is 98.1 cm³/mol. The second-order valence-corrected chi connectivity index (χ2v) is 7.86. The summed E-state index contributed by atoms with van der Waals surface area (Å²) in [7, 11) is 0. The smallest absolute Gasteiger partial charge is 0.236 e. The maximum Gasteiger partial charge on any atom is 0.236 e. The van der Waals surface area contributed by atoms with Crippen LogP contribution < -0.4 is 5.32 Å². The van der Waals surface area contributed by atoms with E-state index in [1.165, 1.54) is 5.56 Å². The van der Waals surface area contributed by atoms with Crippen molar-refractivity contribution in [1.29, 1.82) is 0 Å². The van der Waals surface area contributed by atoms with E-state index in [-0.39, 0.29) is 17.9 Å². The highest BCUT2D eigenvalue weighted by molar-refractivity contribution is 5.83. The highest BCUT2D eigenvalue weighted by Crippen LogP contribution is 2.27. The largest absolute Gasteiger partial charge is 0.340 e. The Balaban J connectivity index is 1.65. The maximum atomic E-state index is 13.1. The van der Waals surface area contributed by atoms with Crippen LogP contribution >= 0.6 is 0 Å². The molecule has 1 aromatic carbocycles. The standard InChI is InChI=1S/C20H29N3O2/c1-20(2,13-16-7-4-3-5-8-16)19(25)22-11-6-9-17(15-22)23-12-10-21-14-18(23)24/h3-5,7-8,17,21H,6,9-15H2,1-2H3. The Bertz CT molecular complexity index is 615. The fraction of sp³-hybridized carbons (Fsp3) is 0.600. The zero-order valence-electron chi connectivity index (χ0n) is 15.3. The lowest BCUT2D eigenvalue weighted by Gasteiger charge is -2.43. The predicted octanol–water partition coefficient (Wildman–Crippen LogP) is 1.68. The quantitative estimate of drug-likeness (QED) is 0.905. The number of nitrogens with zero attached hydrogens (tertiary/aromatic N) is 2. The molecule has 136 valence electrons. The fourth-order valence-electron chi connectivity index (χ4n) is 4.01. The average Bonchev–Trinajstić information content (AvgIpc) is 2.62. The van der Waals surface area contributed by atoms with Crippen molar-refractivity contribution in [2.45, 2.75) is 39.2 Å². The van der Waals surface area contributed by atoms with E-state index in [9.17, 15) is 9.59 Å². The van der Waals surface area contributed by atoms with E-state index in [2.05, 4.69) is 17.4 Å². The van der Waals surface area contributed by atoms with Gasteiger partial charge in [0.15, 0.2) is 0 Å². The van der Waals surface area contributed by atoms with Gasteiger partial charge in [-0.05, 0) is 24.8 Å². The first kappa shape index (κ1) is 17.9. The second-order valence-electron chi connectivity index (χ2n) is 7.86. The molecule has 1 N–H and O–H groups in total. The van der Waals surface area contributed by atoms with Gasteiger partial charge >= 0.3 is 0 Å². The zero-order valence-corrected chi connectivity index (χ0v) is 15.3. The fourth-order valence-corrected chi connectivity index (χ4v) is 4.01. The summed E-state index contributed by atoms with van der Waals surface area (Å²) in [5.74, 6) is 0.359. The van der Waals surface area contributed by atoms with Crippen molar-refractivity contribution in [3.05, 3.63) is 35.9 Å². The van der Waals surface area contributed by atoms with E-state index in [0.29, 0.717) is 13.1 Å². The molecule has 0 spiro atoms. The molecule has 0 radical (unpaired) electrons. The topological polar surface area (TPSA) is 52.7 Å². The van der Waals surface area contributed by atoms with Crippen LogP contribution in [0.2, 0.25) is 0 Å². The number of piperidine rings is 1. The molecule has 2 saturated heterocycles. The first-order chi connectivity index (χ1) is 12.0. The molecule has 0 aliphatic carbocycles. The van der Waals surface area contributed by atoms with Crippen molar-refractivity contribution in [2.24, 2.45) is 5.41 Å². The van der Waals surface area contributed by atoms with Crippen LogP contribution in [0.15, 0.2) is 30.3 Å². The molecule has 1 aromatic rings. The molecule has 2 aliphatic rings. The van der Waals surface area contributed by atoms with Crippen LogP contribution in [0.3, 0.4) is 0 Å². The molecule has 3 rings (SSSR count). The highest BCUT2D eigenvalue weighted by Gasteiger charge is 2.37. The third kappa shape index (κ3) is 4.21. The van der Waals surface area contributed by atoms with Gasteiger partial charge in [-0.2, -0.15) is 0 Å². The van der Waals surface area contributed by atoms with E-state index in [0.717, 1.165) is 38.9 Å². The number of likely N-dealkylation sites (tertiary alicyclic amines) is 1. The van der Waals surface area contributed by atoms with Gasteiger partial charge in [0.25, 0.3) is 0 Å². The molecule has 0 bridgehead atoms. The van der Waals surface area contributed by atoms with Gasteiger partial charge in [-0.3, -0.25) is 9.59 Å². The number of nitrogens with one attached hydrogen (secondary N) is 1. The van der Waals surface area contributed by atoms with Gasteiger partial charge in [0.2, 0.25) is 11.8 Å². The zero-order chi connectivity index (χ0) is 17.9. The van der Waals surface area contributed by atoms with Crippen molar-refractivity contribution in [3.63, 3.8) is 0 Å². The van der Waals surface area contributed by atoms with Crippen molar-refractivity contribution in [2.75, 3.05) is 32.7 Å². The number of piperazine rings is 1. The van der Waals surface area contributed by atoms with E-state index in [1.54, 1.807) is 0 Å². The summed E-state index contributed by atoms with van der Waals surface area (Å²) in [5, 5.41) is 3.12. The van der Waals surface area contributed by atoms with Crippen molar-refractivity contribution < 1.29 is 9.59 Å². The molecule has 2 amide bonds. The van der Waals surface area contributed by atoms with Gasteiger partial charge < -0.3 is 15.1 Å². The molecule has 1 unspecified atom stereocenters. The van der Waals surface area contributed by atoms with Gasteiger partial charge in [-0.1, -0.05) is 44.2 Å². The number of benzene rings is 1. The van der Waals surface area contributed by atoms with Crippen molar-refractivity contribution >= 4 is 11.8 Å². The first-order valence-electron chi connectivity index (χ1n) is 9.31. The molecule has 0 saturated carbocycles. The van der Waals surface area contributed by atoms with Crippen LogP contribution in [-0.4, -0.2) is 60.4 Å². The monoisotopic (exact) mass is 343 g/mol. The van der Waals surface area contributed by atoms with Crippen LogP contribution in [0.25, 0.3) is 0 Å². The summed E-state index contributed by atoms with van der Waals surface area (Å²) in [5.41, 5.74) is 0.753. The average molecular weight is 343 g/mol. The van der Waals surface area contributed by atoms with Gasteiger partial charge in [0.05, 0.1) is 6.54 Å². The van der Waals surface area contributed by atoms with Crippen LogP contribution in [0.5, 0.6) is 0 Å². The third-order valence-corrected chi connectivity index (χ3v) is 5.32. The van der Waals surface area contributed by atoms with E-state index >= 15 is 0 Å². The van der Waals surface area contributed by atoms with E-state index in [1.807, 2.05) is 41.8 Å². The molecule has 0 aromatic heterocycles. The summed E-state index contributed by atoms with van der Waals surface area (Å²) in [6.45, 7) is 7.54. The second kappa shape index (κ2) is 7.56. The van der Waals surface area contributed by atoms with E-state index in [4.69, 9.17) is 0 Å². The summed E-state index contributed by atoms with van der Waals surface area (Å²) >= 11 is 0.